The summed E-state index contributed by atoms with van der Waals surface area (Å²) in [6, 6.07) is 11.1. The average molecular weight is 313 g/mol. The SMILES string of the molecule is Cc1ccc(C[C@@H](C#N)Sc2nnnn2C2CCCC2)cc1. The van der Waals surface area contributed by atoms with Crippen molar-refractivity contribution in [2.45, 2.75) is 55.5 Å². The lowest BCUT2D eigenvalue weighted by atomic mass is 10.1. The van der Waals surface area contributed by atoms with Crippen LogP contribution in [-0.4, -0.2) is 25.5 Å². The lowest BCUT2D eigenvalue weighted by Gasteiger charge is -2.13. The summed E-state index contributed by atoms with van der Waals surface area (Å²) < 4.78 is 1.91. The van der Waals surface area contributed by atoms with Crippen molar-refractivity contribution in [3.8, 4) is 6.07 Å². The van der Waals surface area contributed by atoms with E-state index in [-0.39, 0.29) is 5.25 Å². The summed E-state index contributed by atoms with van der Waals surface area (Å²) in [5, 5.41) is 22.1. The van der Waals surface area contributed by atoms with Gasteiger partial charge in [-0.15, -0.1) is 5.10 Å². The molecule has 0 unspecified atom stereocenters. The van der Waals surface area contributed by atoms with Crippen LogP contribution in [0.5, 0.6) is 0 Å². The van der Waals surface area contributed by atoms with Gasteiger partial charge in [-0.1, -0.05) is 54.4 Å². The number of hydrogen-bond acceptors (Lipinski definition) is 5. The molecule has 6 heteroatoms. The highest BCUT2D eigenvalue weighted by atomic mass is 32.2. The molecule has 0 spiro atoms. The Morgan fingerprint density at radius 3 is 2.73 bits per heavy atom. The van der Waals surface area contributed by atoms with Crippen LogP contribution < -0.4 is 0 Å². The van der Waals surface area contributed by atoms with Crippen molar-refractivity contribution in [3.63, 3.8) is 0 Å². The zero-order chi connectivity index (χ0) is 15.4. The lowest BCUT2D eigenvalue weighted by molar-refractivity contribution is 0.423. The Balaban J connectivity index is 1.69. The number of tetrazole rings is 1. The quantitative estimate of drug-likeness (QED) is 0.792. The molecule has 1 aliphatic carbocycles. The van der Waals surface area contributed by atoms with Gasteiger partial charge in [0.25, 0.3) is 0 Å². The molecule has 0 amide bonds. The Hall–Kier alpha value is -1.87. The molecule has 3 rings (SSSR count). The van der Waals surface area contributed by atoms with Gasteiger partial charge in [0.1, 0.15) is 5.25 Å². The van der Waals surface area contributed by atoms with E-state index in [1.807, 2.05) is 4.68 Å². The molecule has 1 heterocycles. The molecule has 1 fully saturated rings. The minimum Gasteiger partial charge on any atom is -0.217 e. The Morgan fingerprint density at radius 2 is 2.05 bits per heavy atom. The summed E-state index contributed by atoms with van der Waals surface area (Å²) in [7, 11) is 0. The highest BCUT2D eigenvalue weighted by molar-refractivity contribution is 8.00. The fraction of sp³-hybridized carbons (Fsp3) is 0.500. The van der Waals surface area contributed by atoms with Crippen molar-refractivity contribution in [2.24, 2.45) is 0 Å². The van der Waals surface area contributed by atoms with Crippen LogP contribution in [-0.2, 0) is 6.42 Å². The average Bonchev–Trinajstić information content (AvgIpc) is 3.19. The van der Waals surface area contributed by atoms with E-state index in [4.69, 9.17) is 0 Å². The van der Waals surface area contributed by atoms with Gasteiger partial charge in [0, 0.05) is 0 Å². The van der Waals surface area contributed by atoms with Gasteiger partial charge in [0.2, 0.25) is 5.16 Å². The van der Waals surface area contributed by atoms with Gasteiger partial charge in [-0.05, 0) is 42.2 Å². The summed E-state index contributed by atoms with van der Waals surface area (Å²) in [5.41, 5.74) is 2.40. The van der Waals surface area contributed by atoms with Crippen LogP contribution in [0.25, 0.3) is 0 Å². The van der Waals surface area contributed by atoms with Gasteiger partial charge >= 0.3 is 0 Å². The number of benzene rings is 1. The number of nitriles is 1. The molecule has 114 valence electrons. The van der Waals surface area contributed by atoms with E-state index in [0.717, 1.165) is 18.0 Å². The first-order chi connectivity index (χ1) is 10.8. The molecule has 1 aromatic heterocycles. The molecule has 5 nitrogen and oxygen atoms in total. The lowest BCUT2D eigenvalue weighted by Crippen LogP contribution is -2.11. The monoisotopic (exact) mass is 313 g/mol. The highest BCUT2D eigenvalue weighted by Crippen LogP contribution is 2.33. The second-order valence-corrected chi connectivity index (χ2v) is 6.94. The number of nitrogens with zero attached hydrogens (tertiary/aromatic N) is 5. The van der Waals surface area contributed by atoms with E-state index < -0.39 is 0 Å². The topological polar surface area (TPSA) is 67.4 Å². The molecule has 0 bridgehead atoms. The van der Waals surface area contributed by atoms with Crippen LogP contribution >= 0.6 is 11.8 Å². The maximum atomic E-state index is 9.45. The largest absolute Gasteiger partial charge is 0.217 e. The minimum absolute atomic E-state index is 0.172. The number of rotatable bonds is 5. The van der Waals surface area contributed by atoms with Crippen molar-refractivity contribution in [3.05, 3.63) is 35.4 Å². The predicted molar refractivity (Wildman–Crippen MR) is 85.5 cm³/mol. The van der Waals surface area contributed by atoms with Crippen LogP contribution in [0.4, 0.5) is 0 Å². The van der Waals surface area contributed by atoms with Crippen LogP contribution in [0.2, 0.25) is 0 Å². The summed E-state index contributed by atoms with van der Waals surface area (Å²) in [4.78, 5) is 0. The molecule has 1 aliphatic rings. The van der Waals surface area contributed by atoms with Crippen molar-refractivity contribution in [1.82, 2.24) is 20.2 Å². The van der Waals surface area contributed by atoms with E-state index >= 15 is 0 Å². The van der Waals surface area contributed by atoms with Gasteiger partial charge in [-0.25, -0.2) is 4.68 Å². The second kappa shape index (κ2) is 6.93. The Labute approximate surface area is 134 Å². The van der Waals surface area contributed by atoms with Gasteiger partial charge < -0.3 is 0 Å². The Kier molecular flexibility index (Phi) is 4.74. The molecule has 0 saturated heterocycles. The third kappa shape index (κ3) is 3.47. The fourth-order valence-corrected chi connectivity index (χ4v) is 3.78. The van der Waals surface area contributed by atoms with E-state index in [2.05, 4.69) is 52.8 Å². The summed E-state index contributed by atoms with van der Waals surface area (Å²) in [6.45, 7) is 2.07. The maximum Gasteiger partial charge on any atom is 0.210 e. The van der Waals surface area contributed by atoms with E-state index in [0.29, 0.717) is 12.5 Å². The van der Waals surface area contributed by atoms with E-state index in [1.165, 1.54) is 35.7 Å². The summed E-state index contributed by atoms with van der Waals surface area (Å²) in [5.74, 6) is 0. The fourth-order valence-electron chi connectivity index (χ4n) is 2.82. The highest BCUT2D eigenvalue weighted by Gasteiger charge is 2.23. The molecule has 2 aromatic rings. The molecular weight excluding hydrogens is 294 g/mol. The van der Waals surface area contributed by atoms with Gasteiger partial charge in [0.15, 0.2) is 0 Å². The molecule has 22 heavy (non-hydrogen) atoms. The second-order valence-electron chi connectivity index (χ2n) is 5.77. The van der Waals surface area contributed by atoms with Gasteiger partial charge in [-0.2, -0.15) is 5.26 Å². The first-order valence-corrected chi connectivity index (χ1v) is 8.54. The standard InChI is InChI=1S/C16H19N5S/c1-12-6-8-13(9-7-12)10-15(11-17)22-16-18-19-20-21(16)14-4-2-3-5-14/h6-9,14-15H,2-5,10H2,1H3/t15-/m0/s1. The van der Waals surface area contributed by atoms with Crippen molar-refractivity contribution in [2.75, 3.05) is 0 Å². The molecular formula is C16H19N5S. The zero-order valence-corrected chi connectivity index (χ0v) is 13.5. The van der Waals surface area contributed by atoms with E-state index in [9.17, 15) is 5.26 Å². The first-order valence-electron chi connectivity index (χ1n) is 7.66. The van der Waals surface area contributed by atoms with Crippen molar-refractivity contribution >= 4 is 11.8 Å². The Bertz CT molecular complexity index is 652. The van der Waals surface area contributed by atoms with Crippen LogP contribution in [0.1, 0.15) is 42.9 Å². The van der Waals surface area contributed by atoms with Crippen LogP contribution in [0.3, 0.4) is 0 Å². The summed E-state index contributed by atoms with van der Waals surface area (Å²) >= 11 is 1.47. The van der Waals surface area contributed by atoms with E-state index in [1.54, 1.807) is 0 Å². The molecule has 0 aliphatic heterocycles. The smallest absolute Gasteiger partial charge is 0.210 e. The third-order valence-corrected chi connectivity index (χ3v) is 5.10. The summed E-state index contributed by atoms with van der Waals surface area (Å²) in [6.07, 6.45) is 5.44. The van der Waals surface area contributed by atoms with Gasteiger partial charge in [-0.3, -0.25) is 0 Å². The molecule has 1 aromatic carbocycles. The molecule has 1 saturated carbocycles. The number of aryl methyl sites for hydroxylation is 1. The van der Waals surface area contributed by atoms with Crippen LogP contribution in [0.15, 0.2) is 29.4 Å². The Morgan fingerprint density at radius 1 is 1.32 bits per heavy atom. The number of aromatic nitrogens is 4. The van der Waals surface area contributed by atoms with Crippen molar-refractivity contribution in [1.29, 1.82) is 5.26 Å². The van der Waals surface area contributed by atoms with Gasteiger partial charge in [0.05, 0.1) is 12.1 Å². The predicted octanol–water partition coefficient (Wildman–Crippen LogP) is 3.32. The molecule has 0 N–H and O–H groups in total. The maximum absolute atomic E-state index is 9.45. The molecule has 1 atom stereocenters. The minimum atomic E-state index is -0.172. The number of thioether (sulfide) groups is 1. The zero-order valence-electron chi connectivity index (χ0n) is 12.6. The first kappa shape index (κ1) is 15.0. The van der Waals surface area contributed by atoms with Crippen LogP contribution in [0, 0.1) is 18.3 Å². The third-order valence-electron chi connectivity index (χ3n) is 4.07. The normalized spacial score (nSPS) is 16.5. The van der Waals surface area contributed by atoms with Crippen molar-refractivity contribution < 1.29 is 0 Å². The molecule has 0 radical (unpaired) electrons. The number of hydrogen-bond donors (Lipinski definition) is 0.